The molecule has 0 radical (unpaired) electrons. The van der Waals surface area contributed by atoms with Gasteiger partial charge in [-0.05, 0) is 45.6 Å². The molecule has 0 saturated carbocycles. The van der Waals surface area contributed by atoms with Gasteiger partial charge in [-0.25, -0.2) is 4.39 Å². The van der Waals surface area contributed by atoms with E-state index in [1.54, 1.807) is 6.07 Å². The molecule has 0 fully saturated rings. The Bertz CT molecular complexity index is 594. The minimum atomic E-state index is -0.130. The summed E-state index contributed by atoms with van der Waals surface area (Å²) >= 11 is 1.83. The predicted molar refractivity (Wildman–Crippen MR) is 88.1 cm³/mol. The second-order valence-electron chi connectivity index (χ2n) is 5.44. The number of aryl methyl sites for hydroxylation is 1. The van der Waals surface area contributed by atoms with Crippen LogP contribution in [0.4, 0.5) is 4.39 Å². The number of thiophene rings is 1. The summed E-state index contributed by atoms with van der Waals surface area (Å²) in [5.74, 6) is -0.130. The van der Waals surface area contributed by atoms with Gasteiger partial charge in [0.25, 0.3) is 0 Å². The quantitative estimate of drug-likeness (QED) is 0.864. The number of hydrogen-bond donors (Lipinski definition) is 1. The second-order valence-corrected chi connectivity index (χ2v) is 6.78. The molecule has 0 spiro atoms. The molecular formula is C17H23FN2S. The molecule has 0 aliphatic rings. The van der Waals surface area contributed by atoms with Gasteiger partial charge in [0, 0.05) is 34.4 Å². The largest absolute Gasteiger partial charge is 0.315 e. The molecule has 2 nitrogen and oxygen atoms in total. The summed E-state index contributed by atoms with van der Waals surface area (Å²) in [7, 11) is 4.01. The van der Waals surface area contributed by atoms with Gasteiger partial charge in [-0.1, -0.05) is 18.2 Å². The number of benzene rings is 1. The van der Waals surface area contributed by atoms with Gasteiger partial charge in [-0.2, -0.15) is 0 Å². The average Bonchev–Trinajstić information content (AvgIpc) is 2.79. The molecule has 2 aromatic rings. The van der Waals surface area contributed by atoms with E-state index < -0.39 is 0 Å². The summed E-state index contributed by atoms with van der Waals surface area (Å²) in [5, 5.41) is 3.18. The molecule has 0 bridgehead atoms. The molecule has 114 valence electrons. The first-order chi connectivity index (χ1) is 10.0. The Morgan fingerprint density at radius 1 is 1.33 bits per heavy atom. The summed E-state index contributed by atoms with van der Waals surface area (Å²) in [6.07, 6.45) is 0. The topological polar surface area (TPSA) is 15.3 Å². The monoisotopic (exact) mass is 306 g/mol. The van der Waals surface area contributed by atoms with Crippen molar-refractivity contribution >= 4 is 11.3 Å². The van der Waals surface area contributed by atoms with Crippen LogP contribution in [0.15, 0.2) is 30.3 Å². The molecule has 0 amide bonds. The molecule has 2 rings (SSSR count). The number of hydrogen-bond acceptors (Lipinski definition) is 3. The van der Waals surface area contributed by atoms with Gasteiger partial charge in [-0.15, -0.1) is 11.3 Å². The lowest BCUT2D eigenvalue weighted by molar-refractivity contribution is 0.248. The fourth-order valence-corrected chi connectivity index (χ4v) is 3.53. The number of nitrogens with one attached hydrogen (secondary N) is 1. The number of rotatable bonds is 6. The standard InChI is InChI=1S/C17H23FN2S/c1-12(16-7-5-6-8-17(16)18)20(4)11-14-9-15(10-19-3)21-13(14)2/h5-9,12,19H,10-11H2,1-4H3. The van der Waals surface area contributed by atoms with Crippen LogP contribution in [-0.2, 0) is 13.1 Å². The van der Waals surface area contributed by atoms with Crippen molar-refractivity contribution in [2.45, 2.75) is 33.0 Å². The van der Waals surface area contributed by atoms with Gasteiger partial charge < -0.3 is 5.32 Å². The van der Waals surface area contributed by atoms with Crippen molar-refractivity contribution in [3.8, 4) is 0 Å². The van der Waals surface area contributed by atoms with Crippen LogP contribution >= 0.6 is 11.3 Å². The van der Waals surface area contributed by atoms with Crippen LogP contribution in [0.2, 0.25) is 0 Å². The van der Waals surface area contributed by atoms with Crippen molar-refractivity contribution in [1.82, 2.24) is 10.2 Å². The highest BCUT2D eigenvalue weighted by Crippen LogP contribution is 2.27. The Kier molecular flexibility index (Phi) is 5.51. The van der Waals surface area contributed by atoms with Crippen LogP contribution < -0.4 is 5.32 Å². The summed E-state index contributed by atoms with van der Waals surface area (Å²) in [5.41, 5.74) is 2.08. The van der Waals surface area contributed by atoms with E-state index in [1.807, 2.05) is 37.6 Å². The van der Waals surface area contributed by atoms with Crippen LogP contribution in [-0.4, -0.2) is 19.0 Å². The summed E-state index contributed by atoms with van der Waals surface area (Å²) in [6, 6.07) is 9.33. The lowest BCUT2D eigenvalue weighted by Gasteiger charge is -2.25. The van der Waals surface area contributed by atoms with E-state index in [1.165, 1.54) is 21.4 Å². The summed E-state index contributed by atoms with van der Waals surface area (Å²) in [6.45, 7) is 5.94. The summed E-state index contributed by atoms with van der Waals surface area (Å²) < 4.78 is 13.9. The van der Waals surface area contributed by atoms with E-state index in [4.69, 9.17) is 0 Å². The third-order valence-electron chi connectivity index (χ3n) is 3.86. The van der Waals surface area contributed by atoms with Crippen molar-refractivity contribution < 1.29 is 4.39 Å². The van der Waals surface area contributed by atoms with Gasteiger partial charge in [-0.3, -0.25) is 4.90 Å². The first kappa shape index (κ1) is 16.1. The first-order valence-corrected chi connectivity index (χ1v) is 8.02. The molecule has 1 atom stereocenters. The molecule has 4 heteroatoms. The van der Waals surface area contributed by atoms with Crippen molar-refractivity contribution in [2.24, 2.45) is 0 Å². The Balaban J connectivity index is 2.10. The highest BCUT2D eigenvalue weighted by Gasteiger charge is 2.17. The Morgan fingerprint density at radius 3 is 2.71 bits per heavy atom. The molecule has 21 heavy (non-hydrogen) atoms. The molecule has 1 aromatic carbocycles. The highest BCUT2D eigenvalue weighted by atomic mass is 32.1. The van der Waals surface area contributed by atoms with Crippen LogP contribution in [0.3, 0.4) is 0 Å². The zero-order valence-electron chi connectivity index (χ0n) is 13.1. The molecule has 1 heterocycles. The minimum Gasteiger partial charge on any atom is -0.315 e. The van der Waals surface area contributed by atoms with Crippen LogP contribution in [0.25, 0.3) is 0 Å². The van der Waals surface area contributed by atoms with Gasteiger partial charge >= 0.3 is 0 Å². The molecule has 0 aliphatic heterocycles. The normalized spacial score (nSPS) is 12.9. The van der Waals surface area contributed by atoms with Crippen molar-refractivity contribution in [3.05, 3.63) is 57.0 Å². The smallest absolute Gasteiger partial charge is 0.127 e. The van der Waals surface area contributed by atoms with Gasteiger partial charge in [0.1, 0.15) is 5.82 Å². The van der Waals surface area contributed by atoms with E-state index in [-0.39, 0.29) is 11.9 Å². The zero-order chi connectivity index (χ0) is 15.4. The molecule has 1 aromatic heterocycles. The Hall–Kier alpha value is -1.23. The molecular weight excluding hydrogens is 283 g/mol. The third-order valence-corrected chi connectivity index (χ3v) is 4.95. The average molecular weight is 306 g/mol. The fourth-order valence-electron chi connectivity index (χ4n) is 2.46. The molecule has 1 N–H and O–H groups in total. The van der Waals surface area contributed by atoms with Crippen molar-refractivity contribution in [3.63, 3.8) is 0 Å². The van der Waals surface area contributed by atoms with Gasteiger partial charge in [0.2, 0.25) is 0 Å². The number of nitrogens with zero attached hydrogens (tertiary/aromatic N) is 1. The van der Waals surface area contributed by atoms with E-state index in [0.717, 1.165) is 18.7 Å². The maximum atomic E-state index is 13.9. The number of halogens is 1. The Morgan fingerprint density at radius 2 is 2.05 bits per heavy atom. The summed E-state index contributed by atoms with van der Waals surface area (Å²) in [4.78, 5) is 4.88. The molecule has 0 saturated heterocycles. The third kappa shape index (κ3) is 3.90. The molecule has 0 aliphatic carbocycles. The lowest BCUT2D eigenvalue weighted by Crippen LogP contribution is -2.22. The Labute approximate surface area is 130 Å². The van der Waals surface area contributed by atoms with E-state index >= 15 is 0 Å². The second kappa shape index (κ2) is 7.16. The van der Waals surface area contributed by atoms with Gasteiger partial charge in [0.15, 0.2) is 0 Å². The van der Waals surface area contributed by atoms with E-state index in [9.17, 15) is 4.39 Å². The van der Waals surface area contributed by atoms with Crippen LogP contribution in [0.1, 0.15) is 33.8 Å². The first-order valence-electron chi connectivity index (χ1n) is 7.20. The minimum absolute atomic E-state index is 0.0539. The van der Waals surface area contributed by atoms with E-state index in [0.29, 0.717) is 0 Å². The fraction of sp³-hybridized carbons (Fsp3) is 0.412. The maximum absolute atomic E-state index is 13.9. The zero-order valence-corrected chi connectivity index (χ0v) is 13.9. The van der Waals surface area contributed by atoms with E-state index in [2.05, 4.69) is 30.1 Å². The SMILES string of the molecule is CNCc1cc(CN(C)C(C)c2ccccc2F)c(C)s1. The predicted octanol–water partition coefficient (Wildman–Crippen LogP) is 4.11. The maximum Gasteiger partial charge on any atom is 0.127 e. The molecule has 1 unspecified atom stereocenters. The highest BCUT2D eigenvalue weighted by molar-refractivity contribution is 7.12. The van der Waals surface area contributed by atoms with Crippen molar-refractivity contribution in [2.75, 3.05) is 14.1 Å². The lowest BCUT2D eigenvalue weighted by atomic mass is 10.1. The van der Waals surface area contributed by atoms with Gasteiger partial charge in [0.05, 0.1) is 0 Å². The van der Waals surface area contributed by atoms with Crippen LogP contribution in [0, 0.1) is 12.7 Å². The van der Waals surface area contributed by atoms with Crippen molar-refractivity contribution in [1.29, 1.82) is 0 Å². The van der Waals surface area contributed by atoms with Crippen LogP contribution in [0.5, 0.6) is 0 Å².